The third-order valence-electron chi connectivity index (χ3n) is 2.65. The molecule has 102 valence electrons. The summed E-state index contributed by atoms with van der Waals surface area (Å²) in [5, 5.41) is 5.33. The Hall–Kier alpha value is -1.69. The molecular formula is C13H16N2O3S. The van der Waals surface area contributed by atoms with Crippen molar-refractivity contribution in [2.24, 2.45) is 0 Å². The fraction of sp³-hybridized carbons (Fsp3) is 0.385. The van der Waals surface area contributed by atoms with Crippen molar-refractivity contribution in [3.8, 4) is 0 Å². The van der Waals surface area contributed by atoms with Crippen molar-refractivity contribution >= 4 is 23.8 Å². The summed E-state index contributed by atoms with van der Waals surface area (Å²) >= 11 is 1.63. The van der Waals surface area contributed by atoms with E-state index in [1.54, 1.807) is 11.8 Å². The van der Waals surface area contributed by atoms with E-state index in [4.69, 9.17) is 4.74 Å². The second kappa shape index (κ2) is 7.04. The van der Waals surface area contributed by atoms with E-state index in [1.165, 1.54) is 0 Å². The molecule has 1 aromatic rings. The first kappa shape index (κ1) is 13.7. The molecule has 0 spiro atoms. The summed E-state index contributed by atoms with van der Waals surface area (Å²) in [5.41, 5.74) is 0.914. The van der Waals surface area contributed by atoms with Crippen LogP contribution >= 0.6 is 11.8 Å². The molecule has 1 saturated heterocycles. The van der Waals surface area contributed by atoms with E-state index in [0.717, 1.165) is 11.3 Å². The number of alkyl carbamates (subject to hydrolysis) is 1. The maximum Gasteiger partial charge on any atom is 0.408 e. The predicted molar refractivity (Wildman–Crippen MR) is 73.9 cm³/mol. The van der Waals surface area contributed by atoms with Crippen LogP contribution in [0.2, 0.25) is 0 Å². The van der Waals surface area contributed by atoms with E-state index in [-0.39, 0.29) is 12.5 Å². The number of hydrogen-bond acceptors (Lipinski definition) is 4. The van der Waals surface area contributed by atoms with Gasteiger partial charge in [0.25, 0.3) is 0 Å². The minimum atomic E-state index is -0.563. The van der Waals surface area contributed by atoms with Crippen LogP contribution in [0.4, 0.5) is 4.79 Å². The Morgan fingerprint density at radius 2 is 2.21 bits per heavy atom. The van der Waals surface area contributed by atoms with Gasteiger partial charge >= 0.3 is 6.09 Å². The molecule has 0 aromatic heterocycles. The van der Waals surface area contributed by atoms with Gasteiger partial charge in [-0.05, 0) is 5.56 Å². The zero-order chi connectivity index (χ0) is 13.5. The molecule has 0 bridgehead atoms. The van der Waals surface area contributed by atoms with Crippen molar-refractivity contribution < 1.29 is 14.3 Å². The number of carbonyl (C=O) groups excluding carboxylic acids is 2. The van der Waals surface area contributed by atoms with Crippen LogP contribution in [0.15, 0.2) is 30.3 Å². The highest BCUT2D eigenvalue weighted by Gasteiger charge is 2.23. The van der Waals surface area contributed by atoms with Crippen molar-refractivity contribution in [2.45, 2.75) is 12.6 Å². The van der Waals surface area contributed by atoms with Crippen LogP contribution in [0.25, 0.3) is 0 Å². The topological polar surface area (TPSA) is 67.4 Å². The Balaban J connectivity index is 1.79. The zero-order valence-corrected chi connectivity index (χ0v) is 11.2. The maximum absolute atomic E-state index is 11.6. The number of ether oxygens (including phenoxy) is 1. The van der Waals surface area contributed by atoms with E-state index in [9.17, 15) is 9.59 Å². The first-order valence-electron chi connectivity index (χ1n) is 6.08. The summed E-state index contributed by atoms with van der Waals surface area (Å²) in [6.07, 6.45) is -0.563. The van der Waals surface area contributed by atoms with Crippen molar-refractivity contribution in [1.29, 1.82) is 0 Å². The van der Waals surface area contributed by atoms with Crippen LogP contribution in [0.5, 0.6) is 0 Å². The van der Waals surface area contributed by atoms with Gasteiger partial charge in [-0.25, -0.2) is 4.79 Å². The average Bonchev–Trinajstić information content (AvgIpc) is 2.63. The standard InChI is InChI=1S/C13H16N2O3S/c16-12-11(9-19-7-6-14-12)15-13(17)18-8-10-4-2-1-3-5-10/h1-5,11H,6-9H2,(H,14,16)(H,15,17). The molecule has 1 fully saturated rings. The number of carbonyl (C=O) groups is 2. The first-order valence-corrected chi connectivity index (χ1v) is 7.24. The highest BCUT2D eigenvalue weighted by molar-refractivity contribution is 7.99. The molecular weight excluding hydrogens is 264 g/mol. The number of nitrogens with one attached hydrogen (secondary N) is 2. The molecule has 6 heteroatoms. The summed E-state index contributed by atoms with van der Waals surface area (Å²) in [6, 6.07) is 8.90. The van der Waals surface area contributed by atoms with E-state index in [1.807, 2.05) is 30.3 Å². The lowest BCUT2D eigenvalue weighted by molar-refractivity contribution is -0.122. The molecule has 2 rings (SSSR count). The van der Waals surface area contributed by atoms with Gasteiger partial charge in [0.05, 0.1) is 0 Å². The molecule has 2 amide bonds. The zero-order valence-electron chi connectivity index (χ0n) is 10.4. The van der Waals surface area contributed by atoms with Gasteiger partial charge in [0, 0.05) is 18.1 Å². The van der Waals surface area contributed by atoms with Crippen molar-refractivity contribution in [1.82, 2.24) is 10.6 Å². The third-order valence-corrected chi connectivity index (χ3v) is 3.71. The molecule has 1 aliphatic heterocycles. The van der Waals surface area contributed by atoms with E-state index >= 15 is 0 Å². The Morgan fingerprint density at radius 1 is 1.42 bits per heavy atom. The fourth-order valence-corrected chi connectivity index (χ4v) is 2.54. The van der Waals surface area contributed by atoms with Crippen LogP contribution in [0, 0.1) is 0 Å². The van der Waals surface area contributed by atoms with Crippen molar-refractivity contribution in [3.63, 3.8) is 0 Å². The van der Waals surface area contributed by atoms with Gasteiger partial charge in [-0.2, -0.15) is 11.8 Å². The number of amides is 2. The molecule has 2 N–H and O–H groups in total. The molecule has 1 heterocycles. The number of hydrogen-bond donors (Lipinski definition) is 2. The molecule has 1 unspecified atom stereocenters. The smallest absolute Gasteiger partial charge is 0.408 e. The molecule has 5 nitrogen and oxygen atoms in total. The molecule has 1 atom stereocenters. The normalized spacial score (nSPS) is 19.2. The van der Waals surface area contributed by atoms with Gasteiger partial charge in [0.15, 0.2) is 0 Å². The van der Waals surface area contributed by atoms with Gasteiger partial charge in [0.2, 0.25) is 5.91 Å². The van der Waals surface area contributed by atoms with Crippen LogP contribution in [0.1, 0.15) is 5.56 Å². The quantitative estimate of drug-likeness (QED) is 0.871. The van der Waals surface area contributed by atoms with Crippen LogP contribution in [0.3, 0.4) is 0 Å². The molecule has 0 aliphatic carbocycles. The summed E-state index contributed by atoms with van der Waals surface area (Å²) in [7, 11) is 0. The third kappa shape index (κ3) is 4.48. The highest BCUT2D eigenvalue weighted by Crippen LogP contribution is 2.07. The number of benzene rings is 1. The lowest BCUT2D eigenvalue weighted by atomic mass is 10.2. The van der Waals surface area contributed by atoms with Crippen LogP contribution < -0.4 is 10.6 Å². The molecule has 0 saturated carbocycles. The van der Waals surface area contributed by atoms with Gasteiger partial charge in [0.1, 0.15) is 12.6 Å². The van der Waals surface area contributed by atoms with Crippen LogP contribution in [-0.4, -0.2) is 36.1 Å². The summed E-state index contributed by atoms with van der Waals surface area (Å²) in [5.74, 6) is 1.29. The molecule has 1 aliphatic rings. The van der Waals surface area contributed by atoms with E-state index < -0.39 is 12.1 Å². The van der Waals surface area contributed by atoms with Gasteiger partial charge in [-0.15, -0.1) is 0 Å². The Labute approximate surface area is 116 Å². The fourth-order valence-electron chi connectivity index (χ4n) is 1.66. The Morgan fingerprint density at radius 3 is 3.00 bits per heavy atom. The minimum Gasteiger partial charge on any atom is -0.445 e. The SMILES string of the molecule is O=C(NC1CSCCNC1=O)OCc1ccccc1. The molecule has 19 heavy (non-hydrogen) atoms. The second-order valence-corrected chi connectivity index (χ2v) is 5.27. The second-order valence-electron chi connectivity index (χ2n) is 4.12. The lowest BCUT2D eigenvalue weighted by Crippen LogP contribution is -2.47. The number of thioether (sulfide) groups is 1. The number of rotatable bonds is 3. The van der Waals surface area contributed by atoms with Gasteiger partial charge < -0.3 is 15.4 Å². The largest absolute Gasteiger partial charge is 0.445 e. The van der Waals surface area contributed by atoms with Crippen molar-refractivity contribution in [2.75, 3.05) is 18.1 Å². The van der Waals surface area contributed by atoms with Gasteiger partial charge in [-0.3, -0.25) is 4.79 Å². The molecule has 1 aromatic carbocycles. The average molecular weight is 280 g/mol. The van der Waals surface area contributed by atoms with E-state index in [0.29, 0.717) is 12.3 Å². The highest BCUT2D eigenvalue weighted by atomic mass is 32.2. The lowest BCUT2D eigenvalue weighted by Gasteiger charge is -2.14. The minimum absolute atomic E-state index is 0.151. The van der Waals surface area contributed by atoms with Gasteiger partial charge in [-0.1, -0.05) is 30.3 Å². The predicted octanol–water partition coefficient (Wildman–Crippen LogP) is 1.14. The van der Waals surface area contributed by atoms with E-state index in [2.05, 4.69) is 10.6 Å². The Kier molecular flexibility index (Phi) is 5.09. The first-order chi connectivity index (χ1) is 9.25. The van der Waals surface area contributed by atoms with Crippen molar-refractivity contribution in [3.05, 3.63) is 35.9 Å². The van der Waals surface area contributed by atoms with Crippen LogP contribution in [-0.2, 0) is 16.1 Å². The summed E-state index contributed by atoms with van der Waals surface area (Å²) in [6.45, 7) is 0.842. The maximum atomic E-state index is 11.6. The summed E-state index contributed by atoms with van der Waals surface area (Å²) < 4.78 is 5.08. The molecule has 0 radical (unpaired) electrons. The Bertz CT molecular complexity index is 439. The summed E-state index contributed by atoms with van der Waals surface area (Å²) in [4.78, 5) is 23.2. The monoisotopic (exact) mass is 280 g/mol.